The van der Waals surface area contributed by atoms with Gasteiger partial charge in [0.15, 0.2) is 5.96 Å². The number of thiophene rings is 1. The fourth-order valence-corrected chi connectivity index (χ4v) is 4.29. The van der Waals surface area contributed by atoms with Gasteiger partial charge in [-0.05, 0) is 63.3 Å². The number of hydrogen-bond acceptors (Lipinski definition) is 5. The fraction of sp³-hybridized carbons (Fsp3) is 0.571. The van der Waals surface area contributed by atoms with Crippen molar-refractivity contribution in [3.8, 4) is 0 Å². The highest BCUT2D eigenvalue weighted by Gasteiger charge is 2.27. The van der Waals surface area contributed by atoms with Crippen LogP contribution in [0, 0.1) is 6.92 Å². The third kappa shape index (κ3) is 6.44. The first-order chi connectivity index (χ1) is 13.4. The molecule has 2 aromatic rings. The lowest BCUT2D eigenvalue weighted by Gasteiger charge is -2.32. The number of aryl methyl sites for hydroxylation is 1. The Morgan fingerprint density at radius 1 is 1.38 bits per heavy atom. The smallest absolute Gasteiger partial charge is 0.191 e. The summed E-state index contributed by atoms with van der Waals surface area (Å²) in [5, 5.41) is 19.6. The molecule has 0 spiro atoms. The molecule has 2 atom stereocenters. The molecule has 0 bridgehead atoms. The van der Waals surface area contributed by atoms with Gasteiger partial charge >= 0.3 is 0 Å². The largest absolute Gasteiger partial charge is 0.463 e. The average Bonchev–Trinajstić information content (AvgIpc) is 3.32. The van der Waals surface area contributed by atoms with Crippen molar-refractivity contribution in [2.45, 2.75) is 52.3 Å². The zero-order valence-corrected chi connectivity index (χ0v) is 20.8. The molecule has 3 heterocycles. The van der Waals surface area contributed by atoms with Crippen LogP contribution in [0.5, 0.6) is 0 Å². The average molecular weight is 532 g/mol. The van der Waals surface area contributed by atoms with Gasteiger partial charge in [-0.15, -0.1) is 35.3 Å². The molecule has 0 amide bonds. The van der Waals surface area contributed by atoms with Gasteiger partial charge in [0.2, 0.25) is 0 Å². The number of nitrogens with one attached hydrogen (secondary N) is 2. The van der Waals surface area contributed by atoms with Crippen LogP contribution in [0.3, 0.4) is 0 Å². The maximum atomic E-state index is 10.7. The Bertz CT molecular complexity index is 802. The first-order valence-electron chi connectivity index (χ1n) is 10.00. The number of halogens is 1. The lowest BCUT2D eigenvalue weighted by Crippen LogP contribution is -2.47. The van der Waals surface area contributed by atoms with Gasteiger partial charge < -0.3 is 20.2 Å². The second-order valence-corrected chi connectivity index (χ2v) is 8.70. The molecular weight excluding hydrogens is 499 g/mol. The number of rotatable bonds is 7. The molecular formula is C21H33IN4O2S. The van der Waals surface area contributed by atoms with Crippen molar-refractivity contribution in [1.29, 1.82) is 0 Å². The molecule has 1 aliphatic rings. The highest BCUT2D eigenvalue weighted by Crippen LogP contribution is 2.25. The van der Waals surface area contributed by atoms with Crippen molar-refractivity contribution in [3.63, 3.8) is 0 Å². The van der Waals surface area contributed by atoms with Gasteiger partial charge in [0.25, 0.3) is 0 Å². The minimum Gasteiger partial charge on any atom is -0.463 e. The first kappa shape index (κ1) is 24.2. The van der Waals surface area contributed by atoms with E-state index in [4.69, 9.17) is 4.42 Å². The summed E-state index contributed by atoms with van der Waals surface area (Å²) in [6.07, 6.45) is 1.14. The van der Waals surface area contributed by atoms with Crippen molar-refractivity contribution in [3.05, 3.63) is 45.5 Å². The van der Waals surface area contributed by atoms with Crippen LogP contribution in [0.25, 0.3) is 0 Å². The van der Waals surface area contributed by atoms with Gasteiger partial charge in [0, 0.05) is 37.1 Å². The van der Waals surface area contributed by atoms with Gasteiger partial charge in [-0.3, -0.25) is 4.90 Å². The summed E-state index contributed by atoms with van der Waals surface area (Å²) < 4.78 is 5.57. The Morgan fingerprint density at radius 2 is 2.17 bits per heavy atom. The Labute approximate surface area is 194 Å². The standard InChI is InChI=1S/C21H32N4O2S.HI/c1-5-22-20(24-14-21(4,26)19-7-6-16(3)27-19)23-12-15(2)25-10-8-18-17(13-25)9-11-28-18;/h6-7,9,11,15,26H,5,8,10,12-14H2,1-4H3,(H2,22,23,24);1H. The lowest BCUT2D eigenvalue weighted by molar-refractivity contribution is 0.0428. The van der Waals surface area contributed by atoms with Crippen molar-refractivity contribution in [2.75, 3.05) is 26.2 Å². The first-order valence-corrected chi connectivity index (χ1v) is 10.9. The van der Waals surface area contributed by atoms with E-state index in [1.807, 2.05) is 37.3 Å². The minimum absolute atomic E-state index is 0. The zero-order chi connectivity index (χ0) is 20.1. The van der Waals surface area contributed by atoms with E-state index in [2.05, 4.69) is 38.9 Å². The molecule has 0 saturated carbocycles. The second kappa shape index (κ2) is 10.8. The van der Waals surface area contributed by atoms with E-state index in [1.165, 1.54) is 10.4 Å². The lowest BCUT2D eigenvalue weighted by atomic mass is 10.0. The second-order valence-electron chi connectivity index (χ2n) is 7.70. The predicted octanol–water partition coefficient (Wildman–Crippen LogP) is 3.48. The van der Waals surface area contributed by atoms with Crippen LogP contribution in [-0.4, -0.2) is 48.2 Å². The molecule has 3 rings (SSSR count). The summed E-state index contributed by atoms with van der Waals surface area (Å²) in [5.41, 5.74) is 0.332. The minimum atomic E-state index is -1.13. The normalized spacial score (nSPS) is 17.8. The van der Waals surface area contributed by atoms with E-state index in [1.54, 1.807) is 6.92 Å². The molecule has 1 aliphatic heterocycles. The summed E-state index contributed by atoms with van der Waals surface area (Å²) in [6.45, 7) is 11.8. The third-order valence-electron chi connectivity index (χ3n) is 5.19. The fourth-order valence-electron chi connectivity index (χ4n) is 3.40. The Morgan fingerprint density at radius 3 is 2.86 bits per heavy atom. The van der Waals surface area contributed by atoms with Gasteiger partial charge in [-0.2, -0.15) is 0 Å². The molecule has 0 aromatic carbocycles. The number of aliphatic hydroxyl groups is 1. The monoisotopic (exact) mass is 532 g/mol. The quantitative estimate of drug-likeness (QED) is 0.290. The topological polar surface area (TPSA) is 73.0 Å². The molecule has 0 saturated heterocycles. The van der Waals surface area contributed by atoms with Crippen molar-refractivity contribution in [2.24, 2.45) is 4.99 Å². The van der Waals surface area contributed by atoms with E-state index in [0.29, 0.717) is 17.8 Å². The molecule has 0 radical (unpaired) electrons. The van der Waals surface area contributed by atoms with E-state index < -0.39 is 5.60 Å². The van der Waals surface area contributed by atoms with Crippen molar-refractivity contribution in [1.82, 2.24) is 15.5 Å². The summed E-state index contributed by atoms with van der Waals surface area (Å²) in [6, 6.07) is 6.31. The molecule has 2 aromatic heterocycles. The number of aliphatic imine (C=N–C) groups is 1. The summed E-state index contributed by atoms with van der Waals surface area (Å²) in [5.74, 6) is 2.04. The molecule has 2 unspecified atom stereocenters. The third-order valence-corrected chi connectivity index (χ3v) is 6.21. The number of fused-ring (bicyclic) bond motifs is 1. The van der Waals surface area contributed by atoms with E-state index >= 15 is 0 Å². The van der Waals surface area contributed by atoms with Crippen molar-refractivity contribution < 1.29 is 9.52 Å². The Hall–Kier alpha value is -1.10. The van der Waals surface area contributed by atoms with E-state index in [-0.39, 0.29) is 30.5 Å². The highest BCUT2D eigenvalue weighted by molar-refractivity contribution is 14.0. The van der Waals surface area contributed by atoms with Crippen LogP contribution in [0.15, 0.2) is 33.0 Å². The SMILES string of the molecule is CCNC(=NCC(C)(O)c1ccc(C)o1)NCC(C)N1CCc2sccc2C1.I. The molecule has 162 valence electrons. The summed E-state index contributed by atoms with van der Waals surface area (Å²) in [7, 11) is 0. The predicted molar refractivity (Wildman–Crippen MR) is 130 cm³/mol. The van der Waals surface area contributed by atoms with E-state index in [9.17, 15) is 5.11 Å². The molecule has 3 N–H and O–H groups in total. The molecule has 29 heavy (non-hydrogen) atoms. The summed E-state index contributed by atoms with van der Waals surface area (Å²) >= 11 is 1.87. The number of furan rings is 1. The molecule has 0 aliphatic carbocycles. The van der Waals surface area contributed by atoms with E-state index in [0.717, 1.165) is 38.4 Å². The van der Waals surface area contributed by atoms with Gasteiger partial charge in [0.1, 0.15) is 17.1 Å². The zero-order valence-electron chi connectivity index (χ0n) is 17.7. The van der Waals surface area contributed by atoms with Crippen LogP contribution < -0.4 is 10.6 Å². The van der Waals surface area contributed by atoms with Crippen molar-refractivity contribution >= 4 is 41.3 Å². The van der Waals surface area contributed by atoms with Gasteiger partial charge in [-0.25, -0.2) is 4.99 Å². The summed E-state index contributed by atoms with van der Waals surface area (Å²) in [4.78, 5) is 8.62. The molecule has 6 nitrogen and oxygen atoms in total. The number of hydrogen-bond donors (Lipinski definition) is 3. The maximum Gasteiger partial charge on any atom is 0.191 e. The van der Waals surface area contributed by atoms with Gasteiger partial charge in [0.05, 0.1) is 6.54 Å². The molecule has 8 heteroatoms. The van der Waals surface area contributed by atoms with Crippen LogP contribution >= 0.6 is 35.3 Å². The highest BCUT2D eigenvalue weighted by atomic mass is 127. The maximum absolute atomic E-state index is 10.7. The Kier molecular flexibility index (Phi) is 8.99. The van der Waals surface area contributed by atoms with Crippen LogP contribution in [0.2, 0.25) is 0 Å². The molecule has 0 fully saturated rings. The van der Waals surface area contributed by atoms with Crippen LogP contribution in [0.4, 0.5) is 0 Å². The number of nitrogens with zero attached hydrogens (tertiary/aromatic N) is 2. The Balaban J connectivity index is 0.00000300. The van der Waals surface area contributed by atoms with Crippen LogP contribution in [-0.2, 0) is 18.6 Å². The number of guanidine groups is 1. The van der Waals surface area contributed by atoms with Crippen LogP contribution in [0.1, 0.15) is 42.7 Å². The van der Waals surface area contributed by atoms with Gasteiger partial charge in [-0.1, -0.05) is 0 Å².